The third-order valence-electron chi connectivity index (χ3n) is 3.09. The van der Waals surface area contributed by atoms with Gasteiger partial charge in [-0.05, 0) is 18.2 Å². The summed E-state index contributed by atoms with van der Waals surface area (Å²) in [6.45, 7) is -0.361. The van der Waals surface area contributed by atoms with Crippen molar-refractivity contribution in [2.75, 3.05) is 0 Å². The maximum atomic E-state index is 12.5. The number of aromatic nitrogens is 2. The lowest BCUT2D eigenvalue weighted by atomic mass is 10.0. The first-order valence-electron chi connectivity index (χ1n) is 6.44. The van der Waals surface area contributed by atoms with E-state index in [1.54, 1.807) is 12.1 Å². The van der Waals surface area contributed by atoms with E-state index in [0.717, 1.165) is 16.7 Å². The molecule has 118 valence electrons. The van der Waals surface area contributed by atoms with E-state index in [4.69, 9.17) is 5.26 Å². The molecule has 1 atom stereocenters. The summed E-state index contributed by atoms with van der Waals surface area (Å²) in [5.74, 6) is -1.97. The van der Waals surface area contributed by atoms with Gasteiger partial charge in [0.25, 0.3) is 5.56 Å². The van der Waals surface area contributed by atoms with Gasteiger partial charge in [-0.15, -0.1) is 0 Å². The van der Waals surface area contributed by atoms with Gasteiger partial charge in [0.2, 0.25) is 0 Å². The number of halogens is 3. The highest BCUT2D eigenvalue weighted by molar-refractivity contribution is 5.87. The van der Waals surface area contributed by atoms with Gasteiger partial charge in [-0.1, -0.05) is 6.07 Å². The molecule has 0 N–H and O–H groups in total. The molecule has 0 radical (unpaired) electrons. The molecule has 0 fully saturated rings. The molecule has 0 bridgehead atoms. The summed E-state index contributed by atoms with van der Waals surface area (Å²) >= 11 is 0. The average Bonchev–Trinajstić information content (AvgIpc) is 2.50. The van der Waals surface area contributed by atoms with Gasteiger partial charge < -0.3 is 4.57 Å². The molecule has 8 heteroatoms. The highest BCUT2D eigenvalue weighted by Crippen LogP contribution is 2.29. The Morgan fingerprint density at radius 1 is 1.30 bits per heavy atom. The molecule has 1 unspecified atom stereocenters. The minimum Gasteiger partial charge on any atom is -0.308 e. The molecular formula is C15H10F3N3O2. The van der Waals surface area contributed by atoms with Crippen molar-refractivity contribution in [1.29, 1.82) is 5.26 Å². The number of hydrogen-bond acceptors (Lipinski definition) is 4. The smallest absolute Gasteiger partial charge is 0.308 e. The molecule has 0 saturated carbocycles. The normalized spacial score (nSPS) is 12.4. The number of hydrogen-bond donors (Lipinski definition) is 0. The number of nitrogens with zero attached hydrogens (tertiary/aromatic N) is 3. The zero-order valence-electron chi connectivity index (χ0n) is 11.6. The largest absolute Gasteiger partial charge is 0.417 e. The second-order valence-corrected chi connectivity index (χ2v) is 4.66. The van der Waals surface area contributed by atoms with E-state index in [1.807, 2.05) is 0 Å². The van der Waals surface area contributed by atoms with Crippen molar-refractivity contribution in [3.05, 3.63) is 64.3 Å². The Balaban J connectivity index is 2.23. The molecule has 0 aliphatic carbocycles. The van der Waals surface area contributed by atoms with Crippen molar-refractivity contribution < 1.29 is 18.0 Å². The van der Waals surface area contributed by atoms with Crippen molar-refractivity contribution in [1.82, 2.24) is 9.55 Å². The van der Waals surface area contributed by atoms with Gasteiger partial charge in [0.05, 0.1) is 23.9 Å². The standard InChI is InChI=1S/C15H10F3N3O2/c16-15(17,18)10-4-5-12(20-8-10)11(7-19)13(22)9-21-6-2-1-3-14(21)23/h1-6,8,11H,9H2. The van der Waals surface area contributed by atoms with Crippen LogP contribution >= 0.6 is 0 Å². The summed E-state index contributed by atoms with van der Waals surface area (Å²) in [7, 11) is 0. The summed E-state index contributed by atoms with van der Waals surface area (Å²) in [4.78, 5) is 27.2. The lowest BCUT2D eigenvalue weighted by molar-refractivity contribution is -0.137. The number of alkyl halides is 3. The Labute approximate surface area is 128 Å². The Bertz CT molecular complexity index is 804. The first-order valence-corrected chi connectivity index (χ1v) is 6.44. The van der Waals surface area contributed by atoms with Crippen molar-refractivity contribution in [2.45, 2.75) is 18.6 Å². The fraction of sp³-hybridized carbons (Fsp3) is 0.200. The van der Waals surface area contributed by atoms with E-state index >= 15 is 0 Å². The molecule has 2 aromatic heterocycles. The van der Waals surface area contributed by atoms with Gasteiger partial charge in [-0.2, -0.15) is 18.4 Å². The lowest BCUT2D eigenvalue weighted by Crippen LogP contribution is -2.26. The van der Waals surface area contributed by atoms with Crippen molar-refractivity contribution in [3.63, 3.8) is 0 Å². The lowest BCUT2D eigenvalue weighted by Gasteiger charge is -2.11. The van der Waals surface area contributed by atoms with Gasteiger partial charge in [-0.3, -0.25) is 14.6 Å². The number of rotatable bonds is 4. The minimum atomic E-state index is -4.55. The molecule has 2 rings (SSSR count). The number of Topliss-reactive ketones (excluding diaryl/α,β-unsaturated/α-hetero) is 1. The van der Waals surface area contributed by atoms with Crippen LogP contribution in [0.15, 0.2) is 47.5 Å². The van der Waals surface area contributed by atoms with Crippen LogP contribution in [0.1, 0.15) is 17.2 Å². The quantitative estimate of drug-likeness (QED) is 0.864. The predicted molar refractivity (Wildman–Crippen MR) is 73.3 cm³/mol. The monoisotopic (exact) mass is 321 g/mol. The summed E-state index contributed by atoms with van der Waals surface area (Å²) in [5.41, 5.74) is -1.47. The van der Waals surface area contributed by atoms with Crippen LogP contribution in [-0.2, 0) is 17.5 Å². The molecule has 0 spiro atoms. The average molecular weight is 321 g/mol. The second kappa shape index (κ2) is 6.44. The third-order valence-corrected chi connectivity index (χ3v) is 3.09. The number of carbonyl (C=O) groups is 1. The Kier molecular flexibility index (Phi) is 4.60. The molecule has 0 aromatic carbocycles. The summed E-state index contributed by atoms with van der Waals surface area (Å²) in [5, 5.41) is 9.11. The topological polar surface area (TPSA) is 75.8 Å². The Morgan fingerprint density at radius 3 is 2.57 bits per heavy atom. The molecule has 0 amide bonds. The zero-order chi connectivity index (χ0) is 17.0. The molecular weight excluding hydrogens is 311 g/mol. The minimum absolute atomic E-state index is 0.0884. The summed E-state index contributed by atoms with van der Waals surface area (Å²) < 4.78 is 38.6. The highest BCUT2D eigenvalue weighted by Gasteiger charge is 2.31. The van der Waals surface area contributed by atoms with Crippen LogP contribution in [0.5, 0.6) is 0 Å². The van der Waals surface area contributed by atoms with E-state index in [1.165, 1.54) is 18.3 Å². The van der Waals surface area contributed by atoms with Crippen molar-refractivity contribution in [3.8, 4) is 6.07 Å². The number of nitriles is 1. The third kappa shape index (κ3) is 3.83. The highest BCUT2D eigenvalue weighted by atomic mass is 19.4. The van der Waals surface area contributed by atoms with E-state index in [-0.39, 0.29) is 12.2 Å². The zero-order valence-corrected chi connectivity index (χ0v) is 11.6. The van der Waals surface area contributed by atoms with E-state index < -0.39 is 29.0 Å². The van der Waals surface area contributed by atoms with E-state index in [0.29, 0.717) is 6.20 Å². The molecule has 0 aliphatic heterocycles. The van der Waals surface area contributed by atoms with Crippen LogP contribution in [0.3, 0.4) is 0 Å². The van der Waals surface area contributed by atoms with Gasteiger partial charge in [-0.25, -0.2) is 0 Å². The maximum Gasteiger partial charge on any atom is 0.417 e. The number of pyridine rings is 2. The van der Waals surface area contributed by atoms with Gasteiger partial charge in [0.1, 0.15) is 5.92 Å². The molecule has 2 aromatic rings. The van der Waals surface area contributed by atoms with Crippen LogP contribution in [-0.4, -0.2) is 15.3 Å². The fourth-order valence-electron chi connectivity index (χ4n) is 1.90. The molecule has 2 heterocycles. The fourth-order valence-corrected chi connectivity index (χ4v) is 1.90. The van der Waals surface area contributed by atoms with E-state index in [9.17, 15) is 22.8 Å². The number of ketones is 1. The summed E-state index contributed by atoms with van der Waals surface area (Å²) in [6, 6.07) is 7.76. The van der Waals surface area contributed by atoms with Crippen LogP contribution < -0.4 is 5.56 Å². The molecule has 5 nitrogen and oxygen atoms in total. The van der Waals surface area contributed by atoms with Crippen LogP contribution in [0, 0.1) is 11.3 Å². The summed E-state index contributed by atoms with van der Waals surface area (Å²) in [6.07, 6.45) is -2.59. The maximum absolute atomic E-state index is 12.5. The van der Waals surface area contributed by atoms with Crippen LogP contribution in [0.25, 0.3) is 0 Å². The van der Waals surface area contributed by atoms with E-state index in [2.05, 4.69) is 4.98 Å². The molecule has 23 heavy (non-hydrogen) atoms. The predicted octanol–water partition coefficient (Wildman–Crippen LogP) is 2.14. The first-order chi connectivity index (χ1) is 10.8. The SMILES string of the molecule is N#CC(C(=O)Cn1ccccc1=O)c1ccc(C(F)(F)F)cn1. The van der Waals surface area contributed by atoms with Crippen LogP contribution in [0.2, 0.25) is 0 Å². The number of carbonyl (C=O) groups excluding carboxylic acids is 1. The van der Waals surface area contributed by atoms with Crippen molar-refractivity contribution in [2.24, 2.45) is 0 Å². The van der Waals surface area contributed by atoms with Gasteiger partial charge >= 0.3 is 6.18 Å². The molecule has 0 aliphatic rings. The molecule has 0 saturated heterocycles. The first kappa shape index (κ1) is 16.4. The Hall–Kier alpha value is -2.95. The van der Waals surface area contributed by atoms with Gasteiger partial charge in [0.15, 0.2) is 5.78 Å². The Morgan fingerprint density at radius 2 is 2.04 bits per heavy atom. The van der Waals surface area contributed by atoms with Crippen molar-refractivity contribution >= 4 is 5.78 Å². The second-order valence-electron chi connectivity index (χ2n) is 4.66. The van der Waals surface area contributed by atoms with Gasteiger partial charge in [0, 0.05) is 18.5 Å². The van der Waals surface area contributed by atoms with Crippen LogP contribution in [0.4, 0.5) is 13.2 Å².